The number of phenolic OH excluding ortho intramolecular Hbond substituents is 1. The topological polar surface area (TPSA) is 157 Å². The predicted octanol–water partition coefficient (Wildman–Crippen LogP) is 6.87. The third-order valence-electron chi connectivity index (χ3n) is 8.23. The van der Waals surface area contributed by atoms with E-state index in [4.69, 9.17) is 4.42 Å². The number of oxazole rings is 1. The summed E-state index contributed by atoms with van der Waals surface area (Å²) in [5.74, 6) is 0.535. The van der Waals surface area contributed by atoms with E-state index in [1.54, 1.807) is 6.07 Å². The minimum Gasteiger partial charge on any atom is -0.506 e. The van der Waals surface area contributed by atoms with Crippen molar-refractivity contribution < 1.29 is 38.7 Å². The molecule has 12 heteroatoms. The van der Waals surface area contributed by atoms with Crippen LogP contribution >= 0.6 is 0 Å². The third-order valence-corrected chi connectivity index (χ3v) is 8.23. The number of aliphatic hydroxyl groups excluding tert-OH is 1. The summed E-state index contributed by atoms with van der Waals surface area (Å²) < 4.78 is 5.98. The summed E-state index contributed by atoms with van der Waals surface area (Å²) in [7, 11) is 0. The number of aliphatic hydroxyl groups is 1. The van der Waals surface area contributed by atoms with E-state index < -0.39 is 12.2 Å². The lowest BCUT2D eigenvalue weighted by Crippen LogP contribution is -2.25. The maximum absolute atomic E-state index is 11.8. The van der Waals surface area contributed by atoms with Gasteiger partial charge in [-0.05, 0) is 77.8 Å². The number of rotatable bonds is 12. The van der Waals surface area contributed by atoms with Crippen LogP contribution in [0.3, 0.4) is 0 Å². The number of carbonyl (C=O) groups is 2. The molecule has 1 aromatic heterocycles. The monoisotopic (exact) mass is 660 g/mol. The number of halogens is 2. The number of phenols is 1. The number of nitrogens with zero attached hydrogens (tertiary/aromatic N) is 1. The lowest BCUT2D eigenvalue weighted by molar-refractivity contribution is -0.116. The van der Waals surface area contributed by atoms with Crippen LogP contribution in [0.25, 0.3) is 22.2 Å². The molecule has 10 nitrogen and oxygen atoms in total. The zero-order valence-corrected chi connectivity index (χ0v) is 26.1. The van der Waals surface area contributed by atoms with E-state index in [-0.39, 0.29) is 21.1 Å². The van der Waals surface area contributed by atoms with Crippen LogP contribution in [-0.4, -0.2) is 38.8 Å². The first-order chi connectivity index (χ1) is 22.3. The molecule has 0 saturated heterocycles. The maximum atomic E-state index is 11.8. The first-order valence-corrected chi connectivity index (χ1v) is 15.4. The molecule has 0 saturated carbocycles. The Morgan fingerprint density at radius 2 is 1.71 bits per heavy atom. The van der Waals surface area contributed by atoms with Crippen molar-refractivity contribution in [2.24, 2.45) is 0 Å². The molecule has 6 rings (SSSR count). The number of carboxylic acid groups (broad SMARTS) is 1. The van der Waals surface area contributed by atoms with Gasteiger partial charge in [-0.1, -0.05) is 54.6 Å². The molecule has 0 unspecified atom stereocenters. The third kappa shape index (κ3) is 8.33. The first-order valence-electron chi connectivity index (χ1n) is 15.4. The second kappa shape index (κ2) is 16.0. The van der Waals surface area contributed by atoms with Gasteiger partial charge in [-0.2, -0.15) is 0 Å². The molecule has 0 fully saturated rings. The van der Waals surface area contributed by atoms with Crippen LogP contribution in [-0.2, 0) is 30.6 Å². The fourth-order valence-corrected chi connectivity index (χ4v) is 5.95. The summed E-state index contributed by atoms with van der Waals surface area (Å²) in [5.41, 5.74) is 7.78. The standard InChI is InChI=1S/C36H36N4O6.2FH/c41-30-15-13-26(27-14-17-33(43)40-35(27)30)31(42)21-37-20-23-11-16-32-29(19-23)38-34(46-32)9-5-4-6-22-10-12-25(24-7-2-1-3-8-24)28(18-22)39-36(44)45;;/h1-3,7-8,10-13,15-16,18-19,31,37,39,41-42H,4-6,9,14,17,20-21H2,(H,40,43)(H,44,45);2*1H/t31-;;/m1../s1. The Hall–Kier alpha value is -5.33. The SMILES string of the molecule is F.F.O=C(O)Nc1cc(CCCCc2nc3cc(CNC[C@@H](O)c4ccc(O)c5c4CCC(=O)N5)ccc3o2)ccc1-c1ccccc1. The molecule has 0 aliphatic carbocycles. The molecule has 1 atom stereocenters. The number of anilines is 2. The zero-order valence-electron chi connectivity index (χ0n) is 26.1. The normalized spacial score (nSPS) is 12.7. The van der Waals surface area contributed by atoms with Crippen molar-refractivity contribution in [1.29, 1.82) is 0 Å². The number of aromatic hydroxyl groups is 1. The van der Waals surface area contributed by atoms with E-state index in [1.165, 1.54) is 6.07 Å². The molecule has 48 heavy (non-hydrogen) atoms. The van der Waals surface area contributed by atoms with Crippen molar-refractivity contribution in [3.05, 3.63) is 107 Å². The molecule has 6 N–H and O–H groups in total. The van der Waals surface area contributed by atoms with Gasteiger partial charge in [0.2, 0.25) is 5.91 Å². The van der Waals surface area contributed by atoms with Gasteiger partial charge in [0, 0.05) is 31.5 Å². The molecule has 0 radical (unpaired) electrons. The summed E-state index contributed by atoms with van der Waals surface area (Å²) in [6, 6.07) is 24.7. The van der Waals surface area contributed by atoms with Gasteiger partial charge >= 0.3 is 6.09 Å². The van der Waals surface area contributed by atoms with Crippen LogP contribution in [0, 0.1) is 0 Å². The number of amides is 2. The molecule has 2 heterocycles. The van der Waals surface area contributed by atoms with Crippen molar-refractivity contribution in [1.82, 2.24) is 10.3 Å². The molecule has 0 bridgehead atoms. The number of hydrogen-bond acceptors (Lipinski definition) is 7. The van der Waals surface area contributed by atoms with E-state index in [9.17, 15) is 24.9 Å². The summed E-state index contributed by atoms with van der Waals surface area (Å²) in [6.45, 7) is 0.824. The Labute approximate surface area is 275 Å². The van der Waals surface area contributed by atoms with Gasteiger partial charge in [0.1, 0.15) is 11.3 Å². The number of benzene rings is 4. The molecule has 1 aliphatic heterocycles. The van der Waals surface area contributed by atoms with E-state index in [1.807, 2.05) is 66.7 Å². The number of nitrogens with one attached hydrogen (secondary N) is 3. The van der Waals surface area contributed by atoms with Crippen LogP contribution in [0.5, 0.6) is 5.75 Å². The molecule has 2 amide bonds. The maximum Gasteiger partial charge on any atom is 0.409 e. The highest BCUT2D eigenvalue weighted by molar-refractivity contribution is 5.96. The van der Waals surface area contributed by atoms with E-state index in [0.29, 0.717) is 55.2 Å². The second-order valence-electron chi connectivity index (χ2n) is 11.5. The number of unbranched alkanes of at least 4 members (excludes halogenated alkanes) is 1. The molecule has 5 aromatic rings. The summed E-state index contributed by atoms with van der Waals surface area (Å²) >= 11 is 0. The van der Waals surface area contributed by atoms with Gasteiger partial charge in [0.15, 0.2) is 11.5 Å². The van der Waals surface area contributed by atoms with Crippen molar-refractivity contribution in [2.45, 2.75) is 51.2 Å². The molecular weight excluding hydrogens is 622 g/mol. The quantitative estimate of drug-likeness (QED) is 0.0626. The van der Waals surface area contributed by atoms with E-state index in [0.717, 1.165) is 58.2 Å². The minimum atomic E-state index is -1.09. The Bertz CT molecular complexity index is 1880. The molecule has 4 aromatic carbocycles. The van der Waals surface area contributed by atoms with E-state index in [2.05, 4.69) is 20.9 Å². The van der Waals surface area contributed by atoms with Crippen LogP contribution in [0.1, 0.15) is 53.5 Å². The highest BCUT2D eigenvalue weighted by atomic mass is 19.0. The predicted molar refractivity (Wildman–Crippen MR) is 181 cm³/mol. The zero-order chi connectivity index (χ0) is 32.0. The minimum absolute atomic E-state index is 0. The second-order valence-corrected chi connectivity index (χ2v) is 11.5. The van der Waals surface area contributed by atoms with Crippen LogP contribution in [0.4, 0.5) is 25.6 Å². The highest BCUT2D eigenvalue weighted by Crippen LogP contribution is 2.36. The summed E-state index contributed by atoms with van der Waals surface area (Å²) in [6.07, 6.45) is 2.15. The lowest BCUT2D eigenvalue weighted by atomic mass is 9.93. The van der Waals surface area contributed by atoms with Gasteiger partial charge in [-0.25, -0.2) is 9.78 Å². The largest absolute Gasteiger partial charge is 0.506 e. The number of aromatic nitrogens is 1. The summed E-state index contributed by atoms with van der Waals surface area (Å²) in [4.78, 5) is 27.9. The fourth-order valence-electron chi connectivity index (χ4n) is 5.95. The van der Waals surface area contributed by atoms with Gasteiger partial charge in [-0.3, -0.25) is 19.5 Å². The number of aryl methyl sites for hydroxylation is 2. The van der Waals surface area contributed by atoms with Gasteiger partial charge in [0.25, 0.3) is 0 Å². The van der Waals surface area contributed by atoms with Crippen molar-refractivity contribution in [3.63, 3.8) is 0 Å². The Morgan fingerprint density at radius 1 is 0.938 bits per heavy atom. The van der Waals surface area contributed by atoms with Gasteiger partial charge in [0.05, 0.1) is 17.5 Å². The molecule has 252 valence electrons. The number of fused-ring (bicyclic) bond motifs is 2. The smallest absolute Gasteiger partial charge is 0.409 e. The summed E-state index contributed by atoms with van der Waals surface area (Å²) in [5, 5.41) is 38.9. The van der Waals surface area contributed by atoms with Crippen molar-refractivity contribution >= 4 is 34.5 Å². The highest BCUT2D eigenvalue weighted by Gasteiger charge is 2.24. The fraction of sp³-hybridized carbons (Fsp3) is 0.250. The van der Waals surface area contributed by atoms with E-state index >= 15 is 0 Å². The van der Waals surface area contributed by atoms with Crippen LogP contribution < -0.4 is 16.0 Å². The molecule has 0 spiro atoms. The molecule has 1 aliphatic rings. The first kappa shape index (κ1) is 35.5. The number of carbonyl (C=O) groups excluding carboxylic acids is 1. The molecular formula is C36H38F2N4O6. The Morgan fingerprint density at radius 3 is 2.50 bits per heavy atom. The van der Waals surface area contributed by atoms with Crippen molar-refractivity contribution in [2.75, 3.05) is 17.2 Å². The Balaban J connectivity index is 0.00000260. The van der Waals surface area contributed by atoms with Crippen LogP contribution in [0.2, 0.25) is 0 Å². The van der Waals surface area contributed by atoms with Gasteiger partial charge in [-0.15, -0.1) is 0 Å². The average Bonchev–Trinajstić information content (AvgIpc) is 3.46. The number of hydrogen-bond donors (Lipinski definition) is 6. The Kier molecular flexibility index (Phi) is 11.8. The lowest BCUT2D eigenvalue weighted by Gasteiger charge is -2.23. The van der Waals surface area contributed by atoms with Crippen molar-refractivity contribution in [3.8, 4) is 16.9 Å². The van der Waals surface area contributed by atoms with Gasteiger partial charge < -0.3 is 30.4 Å². The van der Waals surface area contributed by atoms with Crippen LogP contribution in [0.15, 0.2) is 83.3 Å². The average molecular weight is 661 g/mol.